The number of hydrogen-bond acceptors (Lipinski definition) is 7. The van der Waals surface area contributed by atoms with Crippen LogP contribution < -0.4 is 9.64 Å². The van der Waals surface area contributed by atoms with Gasteiger partial charge in [0.1, 0.15) is 5.75 Å². The van der Waals surface area contributed by atoms with Gasteiger partial charge >= 0.3 is 0 Å². The number of carbonyl (C=O) groups is 1. The molecule has 2 aromatic carbocycles. The SMILES string of the molecule is COc1ccc(-c2ccc(N3CCN(C(=O)Cc4ccc([N+](=O)[O-])cc4)CC3)nn2)cc1. The first-order chi connectivity index (χ1) is 15.5. The number of ether oxygens (including phenoxy) is 1. The third-order valence-electron chi connectivity index (χ3n) is 5.50. The maximum Gasteiger partial charge on any atom is 0.269 e. The molecule has 1 saturated heterocycles. The standard InChI is InChI=1S/C23H23N5O4/c1-32-20-8-4-18(5-9-20)21-10-11-22(25-24-21)26-12-14-27(15-13-26)23(29)16-17-2-6-19(7-3-17)28(30)31/h2-11H,12-16H2,1H3. The number of hydrogen-bond donors (Lipinski definition) is 0. The van der Waals surface area contributed by atoms with E-state index in [1.54, 1.807) is 19.2 Å². The summed E-state index contributed by atoms with van der Waals surface area (Å²) in [7, 11) is 1.63. The zero-order chi connectivity index (χ0) is 22.5. The molecule has 0 spiro atoms. The van der Waals surface area contributed by atoms with E-state index >= 15 is 0 Å². The van der Waals surface area contributed by atoms with Crippen molar-refractivity contribution in [2.75, 3.05) is 38.2 Å². The average molecular weight is 433 g/mol. The van der Waals surface area contributed by atoms with Gasteiger partial charge in [-0.25, -0.2) is 0 Å². The van der Waals surface area contributed by atoms with Gasteiger partial charge in [0, 0.05) is 43.9 Å². The molecule has 32 heavy (non-hydrogen) atoms. The lowest BCUT2D eigenvalue weighted by Crippen LogP contribution is -2.49. The number of anilines is 1. The van der Waals surface area contributed by atoms with Gasteiger partial charge in [0.05, 0.1) is 24.1 Å². The minimum atomic E-state index is -0.447. The van der Waals surface area contributed by atoms with E-state index in [0.29, 0.717) is 26.2 Å². The van der Waals surface area contributed by atoms with Gasteiger partial charge in [-0.05, 0) is 42.0 Å². The number of piperazine rings is 1. The van der Waals surface area contributed by atoms with Crippen molar-refractivity contribution in [2.24, 2.45) is 0 Å². The summed E-state index contributed by atoms with van der Waals surface area (Å²) in [6, 6.07) is 17.7. The number of nitrogens with zero attached hydrogens (tertiary/aromatic N) is 5. The molecule has 3 aromatic rings. The number of non-ortho nitro benzene ring substituents is 1. The lowest BCUT2D eigenvalue weighted by atomic mass is 10.1. The number of methoxy groups -OCH3 is 1. The van der Waals surface area contributed by atoms with Crippen molar-refractivity contribution in [2.45, 2.75) is 6.42 Å². The second-order valence-electron chi connectivity index (χ2n) is 7.47. The van der Waals surface area contributed by atoms with E-state index < -0.39 is 4.92 Å². The molecule has 0 bridgehead atoms. The number of nitro benzene ring substituents is 1. The Morgan fingerprint density at radius 2 is 1.66 bits per heavy atom. The van der Waals surface area contributed by atoms with Crippen molar-refractivity contribution in [1.29, 1.82) is 0 Å². The van der Waals surface area contributed by atoms with Gasteiger partial charge in [-0.1, -0.05) is 12.1 Å². The van der Waals surface area contributed by atoms with E-state index in [2.05, 4.69) is 15.1 Å². The fraction of sp³-hybridized carbons (Fsp3) is 0.261. The second-order valence-corrected chi connectivity index (χ2v) is 7.47. The van der Waals surface area contributed by atoms with Crippen molar-refractivity contribution in [1.82, 2.24) is 15.1 Å². The monoisotopic (exact) mass is 433 g/mol. The number of carbonyl (C=O) groups excluding carboxylic acids is 1. The van der Waals surface area contributed by atoms with Crippen molar-refractivity contribution in [3.8, 4) is 17.0 Å². The fourth-order valence-corrected chi connectivity index (χ4v) is 3.62. The zero-order valence-corrected chi connectivity index (χ0v) is 17.7. The van der Waals surface area contributed by atoms with E-state index in [9.17, 15) is 14.9 Å². The lowest BCUT2D eigenvalue weighted by molar-refractivity contribution is -0.384. The number of benzene rings is 2. The fourth-order valence-electron chi connectivity index (χ4n) is 3.62. The highest BCUT2D eigenvalue weighted by Crippen LogP contribution is 2.22. The summed E-state index contributed by atoms with van der Waals surface area (Å²) in [6.07, 6.45) is 0.231. The molecule has 1 fully saturated rings. The highest BCUT2D eigenvalue weighted by molar-refractivity contribution is 5.79. The summed E-state index contributed by atoms with van der Waals surface area (Å²) in [5.41, 5.74) is 2.54. The number of rotatable bonds is 6. The normalized spacial score (nSPS) is 13.7. The summed E-state index contributed by atoms with van der Waals surface area (Å²) >= 11 is 0. The lowest BCUT2D eigenvalue weighted by Gasteiger charge is -2.35. The van der Waals surface area contributed by atoms with Crippen molar-refractivity contribution < 1.29 is 14.5 Å². The molecule has 0 aliphatic carbocycles. The molecule has 1 amide bonds. The van der Waals surface area contributed by atoms with Crippen LogP contribution in [0, 0.1) is 10.1 Å². The van der Waals surface area contributed by atoms with Gasteiger partial charge in [0.25, 0.3) is 5.69 Å². The van der Waals surface area contributed by atoms with Crippen LogP contribution in [0.3, 0.4) is 0 Å². The van der Waals surface area contributed by atoms with E-state index in [-0.39, 0.29) is 18.0 Å². The minimum Gasteiger partial charge on any atom is -0.497 e. The Kier molecular flexibility index (Phi) is 6.25. The van der Waals surface area contributed by atoms with Crippen LogP contribution >= 0.6 is 0 Å². The van der Waals surface area contributed by atoms with Crippen LogP contribution in [-0.2, 0) is 11.2 Å². The smallest absolute Gasteiger partial charge is 0.269 e. The number of aromatic nitrogens is 2. The van der Waals surface area contributed by atoms with Gasteiger partial charge in [0.2, 0.25) is 5.91 Å². The second kappa shape index (κ2) is 9.42. The molecule has 0 radical (unpaired) electrons. The molecular weight excluding hydrogens is 410 g/mol. The van der Waals surface area contributed by atoms with Gasteiger partial charge in [-0.15, -0.1) is 10.2 Å². The van der Waals surface area contributed by atoms with Crippen LogP contribution in [0.1, 0.15) is 5.56 Å². The highest BCUT2D eigenvalue weighted by atomic mass is 16.6. The third kappa shape index (κ3) is 4.83. The predicted molar refractivity (Wildman–Crippen MR) is 120 cm³/mol. The molecule has 0 unspecified atom stereocenters. The topological polar surface area (TPSA) is 102 Å². The Morgan fingerprint density at radius 3 is 2.22 bits per heavy atom. The van der Waals surface area contributed by atoms with Crippen LogP contribution in [0.2, 0.25) is 0 Å². The Labute approximate surface area is 185 Å². The summed E-state index contributed by atoms with van der Waals surface area (Å²) in [6.45, 7) is 2.52. The summed E-state index contributed by atoms with van der Waals surface area (Å²) in [5, 5.41) is 19.5. The van der Waals surface area contributed by atoms with E-state index in [1.165, 1.54) is 12.1 Å². The molecule has 164 valence electrons. The maximum absolute atomic E-state index is 12.6. The van der Waals surface area contributed by atoms with Crippen molar-refractivity contribution in [3.05, 3.63) is 76.3 Å². The first kappa shape index (κ1) is 21.2. The summed E-state index contributed by atoms with van der Waals surface area (Å²) in [5.74, 6) is 1.59. The summed E-state index contributed by atoms with van der Waals surface area (Å²) < 4.78 is 5.18. The van der Waals surface area contributed by atoms with Crippen LogP contribution in [0.15, 0.2) is 60.7 Å². The van der Waals surface area contributed by atoms with E-state index in [1.807, 2.05) is 41.3 Å². The van der Waals surface area contributed by atoms with Crippen LogP contribution in [0.4, 0.5) is 11.5 Å². The van der Waals surface area contributed by atoms with Crippen molar-refractivity contribution in [3.63, 3.8) is 0 Å². The zero-order valence-electron chi connectivity index (χ0n) is 17.7. The molecule has 0 saturated carbocycles. The number of amides is 1. The molecule has 1 aliphatic heterocycles. The molecule has 1 aromatic heterocycles. The molecule has 9 heteroatoms. The molecule has 1 aliphatic rings. The van der Waals surface area contributed by atoms with Crippen LogP contribution in [0.5, 0.6) is 5.75 Å². The van der Waals surface area contributed by atoms with Crippen LogP contribution in [0.25, 0.3) is 11.3 Å². The molecule has 4 rings (SSSR count). The summed E-state index contributed by atoms with van der Waals surface area (Å²) in [4.78, 5) is 26.8. The third-order valence-corrected chi connectivity index (χ3v) is 5.50. The highest BCUT2D eigenvalue weighted by Gasteiger charge is 2.22. The first-order valence-electron chi connectivity index (χ1n) is 10.3. The Bertz CT molecular complexity index is 1080. The average Bonchev–Trinajstić information content (AvgIpc) is 2.84. The maximum atomic E-state index is 12.6. The van der Waals surface area contributed by atoms with E-state index in [4.69, 9.17) is 4.74 Å². The molecule has 9 nitrogen and oxygen atoms in total. The van der Waals surface area contributed by atoms with Gasteiger partial charge < -0.3 is 14.5 Å². The molecular formula is C23H23N5O4. The Morgan fingerprint density at radius 1 is 0.969 bits per heavy atom. The Hall–Kier alpha value is -4.01. The van der Waals surface area contributed by atoms with Crippen LogP contribution in [-0.4, -0.2) is 59.2 Å². The Balaban J connectivity index is 1.31. The van der Waals surface area contributed by atoms with Gasteiger partial charge in [-0.3, -0.25) is 14.9 Å². The minimum absolute atomic E-state index is 0.0134. The first-order valence-corrected chi connectivity index (χ1v) is 10.3. The molecule has 0 atom stereocenters. The van der Waals surface area contributed by atoms with Crippen molar-refractivity contribution >= 4 is 17.4 Å². The van der Waals surface area contributed by atoms with Gasteiger partial charge in [0.15, 0.2) is 5.82 Å². The molecule has 2 heterocycles. The van der Waals surface area contributed by atoms with Gasteiger partial charge in [-0.2, -0.15) is 0 Å². The predicted octanol–water partition coefficient (Wildman–Crippen LogP) is 2.95. The largest absolute Gasteiger partial charge is 0.497 e. The molecule has 0 N–H and O–H groups in total. The quantitative estimate of drug-likeness (QED) is 0.435. The number of nitro groups is 1. The van der Waals surface area contributed by atoms with E-state index in [0.717, 1.165) is 28.4 Å².